The Labute approximate surface area is 103 Å². The summed E-state index contributed by atoms with van der Waals surface area (Å²) >= 11 is 0. The van der Waals surface area contributed by atoms with Gasteiger partial charge in [-0.05, 0) is 39.8 Å². The number of aromatic nitrogens is 1. The molecule has 4 nitrogen and oxygen atoms in total. The van der Waals surface area contributed by atoms with Crippen LogP contribution in [0.5, 0.6) is 0 Å². The average molecular weight is 234 g/mol. The second-order valence-electron chi connectivity index (χ2n) is 4.52. The van der Waals surface area contributed by atoms with Crippen molar-refractivity contribution in [3.8, 4) is 6.07 Å². The predicted molar refractivity (Wildman–Crippen MR) is 68.0 cm³/mol. The molecule has 0 amide bonds. The Balaban J connectivity index is 2.96. The molecule has 1 aromatic rings. The van der Waals surface area contributed by atoms with Gasteiger partial charge in [-0.1, -0.05) is 0 Å². The fourth-order valence-electron chi connectivity index (χ4n) is 1.54. The molecule has 0 N–H and O–H groups in total. The highest BCUT2D eigenvalue weighted by Gasteiger charge is 2.27. The van der Waals surface area contributed by atoms with Gasteiger partial charge in [-0.15, -0.1) is 0 Å². The summed E-state index contributed by atoms with van der Waals surface area (Å²) in [4.78, 5) is 0. The third-order valence-electron chi connectivity index (χ3n) is 2.31. The van der Waals surface area contributed by atoms with Crippen LogP contribution in [0.25, 0.3) is 0 Å². The molecule has 1 heterocycles. The van der Waals surface area contributed by atoms with E-state index in [-0.39, 0.29) is 12.2 Å². The molecule has 0 aliphatic heterocycles. The van der Waals surface area contributed by atoms with E-state index >= 15 is 0 Å². The minimum absolute atomic E-state index is 0.0687. The van der Waals surface area contributed by atoms with Crippen LogP contribution in [-0.2, 0) is 16.4 Å². The first-order chi connectivity index (χ1) is 7.95. The van der Waals surface area contributed by atoms with E-state index in [0.717, 1.165) is 5.59 Å². The van der Waals surface area contributed by atoms with Gasteiger partial charge in [0.2, 0.25) is 0 Å². The minimum atomic E-state index is -0.429. The Bertz CT molecular complexity index is 397. The van der Waals surface area contributed by atoms with E-state index in [1.54, 1.807) is 10.6 Å². The molecule has 0 fully saturated rings. The van der Waals surface area contributed by atoms with Crippen molar-refractivity contribution in [1.82, 2.24) is 4.57 Å². The van der Waals surface area contributed by atoms with Gasteiger partial charge in [0.25, 0.3) is 0 Å². The molecule has 5 heteroatoms. The van der Waals surface area contributed by atoms with Crippen molar-refractivity contribution in [1.29, 1.82) is 5.26 Å². The molecule has 1 rings (SSSR count). The van der Waals surface area contributed by atoms with Crippen LogP contribution < -0.4 is 5.59 Å². The summed E-state index contributed by atoms with van der Waals surface area (Å²) in [5.74, 6) is 0. The summed E-state index contributed by atoms with van der Waals surface area (Å²) in [6.45, 7) is 7.85. The third kappa shape index (κ3) is 3.62. The first-order valence-electron chi connectivity index (χ1n) is 5.82. The molecular weight excluding hydrogens is 215 g/mol. The van der Waals surface area contributed by atoms with Crippen molar-refractivity contribution >= 4 is 12.7 Å². The highest BCUT2D eigenvalue weighted by atomic mass is 16.6. The normalized spacial score (nSPS) is 10.9. The molecule has 0 aliphatic rings. The standard InChI is InChI=1S/C12H19BN2O2/c1-9(2)16-13(17-10(3)4)12-7-6-11(8-14)15(12)5/h6-7,9-10H,1-5H3. The van der Waals surface area contributed by atoms with Crippen LogP contribution in [0.3, 0.4) is 0 Å². The van der Waals surface area contributed by atoms with Crippen molar-refractivity contribution in [2.45, 2.75) is 39.9 Å². The molecule has 0 spiro atoms. The zero-order valence-electron chi connectivity index (χ0n) is 11.1. The first-order valence-corrected chi connectivity index (χ1v) is 5.82. The lowest BCUT2D eigenvalue weighted by Gasteiger charge is -2.20. The zero-order valence-corrected chi connectivity index (χ0v) is 11.1. The van der Waals surface area contributed by atoms with E-state index in [9.17, 15) is 0 Å². The number of nitrogens with zero attached hydrogens (tertiary/aromatic N) is 2. The molecule has 0 radical (unpaired) electrons. The van der Waals surface area contributed by atoms with Crippen LogP contribution in [-0.4, -0.2) is 23.9 Å². The van der Waals surface area contributed by atoms with Gasteiger partial charge in [0.05, 0.1) is 0 Å². The summed E-state index contributed by atoms with van der Waals surface area (Å²) in [7, 11) is 1.41. The molecule has 0 saturated heterocycles. The molecule has 1 aromatic heterocycles. The van der Waals surface area contributed by atoms with Crippen molar-refractivity contribution < 1.29 is 9.31 Å². The van der Waals surface area contributed by atoms with Crippen molar-refractivity contribution in [3.05, 3.63) is 17.8 Å². The minimum Gasteiger partial charge on any atom is -0.404 e. The van der Waals surface area contributed by atoms with Crippen LogP contribution in [0, 0.1) is 11.3 Å². The van der Waals surface area contributed by atoms with Gasteiger partial charge in [0, 0.05) is 24.8 Å². The fourth-order valence-corrected chi connectivity index (χ4v) is 1.54. The molecule has 0 atom stereocenters. The van der Waals surface area contributed by atoms with Crippen molar-refractivity contribution in [2.24, 2.45) is 7.05 Å². The third-order valence-corrected chi connectivity index (χ3v) is 2.31. The SMILES string of the molecule is CC(C)OB(OC(C)C)c1ccc(C#N)n1C. The second-order valence-corrected chi connectivity index (χ2v) is 4.52. The van der Waals surface area contributed by atoms with Gasteiger partial charge in [-0.2, -0.15) is 5.26 Å². The summed E-state index contributed by atoms with van der Waals surface area (Å²) in [5, 5.41) is 8.92. The maximum absolute atomic E-state index is 8.92. The van der Waals surface area contributed by atoms with Gasteiger partial charge in [0.1, 0.15) is 11.8 Å². The summed E-state index contributed by atoms with van der Waals surface area (Å²) in [6.07, 6.45) is 0.137. The van der Waals surface area contributed by atoms with E-state index in [1.165, 1.54) is 0 Å². The van der Waals surface area contributed by atoms with Crippen LogP contribution in [0.4, 0.5) is 0 Å². The van der Waals surface area contributed by atoms with Crippen LogP contribution in [0.1, 0.15) is 33.4 Å². The summed E-state index contributed by atoms with van der Waals surface area (Å²) in [5.41, 5.74) is 1.47. The Morgan fingerprint density at radius 1 is 1.18 bits per heavy atom. The number of nitriles is 1. The van der Waals surface area contributed by atoms with Crippen molar-refractivity contribution in [3.63, 3.8) is 0 Å². The molecule has 0 unspecified atom stereocenters. The summed E-state index contributed by atoms with van der Waals surface area (Å²) in [6, 6.07) is 5.77. The lowest BCUT2D eigenvalue weighted by Crippen LogP contribution is -2.44. The number of hydrogen-bond donors (Lipinski definition) is 0. The fraction of sp³-hybridized carbons (Fsp3) is 0.583. The number of hydrogen-bond acceptors (Lipinski definition) is 3. The molecule has 0 aliphatic carbocycles. The van der Waals surface area contributed by atoms with Crippen LogP contribution >= 0.6 is 0 Å². The van der Waals surface area contributed by atoms with Gasteiger partial charge < -0.3 is 13.9 Å². The molecule has 17 heavy (non-hydrogen) atoms. The zero-order chi connectivity index (χ0) is 13.0. The lowest BCUT2D eigenvalue weighted by molar-refractivity contribution is 0.138. The Morgan fingerprint density at radius 3 is 2.06 bits per heavy atom. The van der Waals surface area contributed by atoms with Gasteiger partial charge >= 0.3 is 7.12 Å². The Morgan fingerprint density at radius 2 is 1.71 bits per heavy atom. The van der Waals surface area contributed by atoms with Gasteiger partial charge in [-0.3, -0.25) is 0 Å². The highest BCUT2D eigenvalue weighted by molar-refractivity contribution is 6.60. The quantitative estimate of drug-likeness (QED) is 0.724. The summed E-state index contributed by atoms with van der Waals surface area (Å²) < 4.78 is 13.3. The lowest BCUT2D eigenvalue weighted by atomic mass is 9.83. The van der Waals surface area contributed by atoms with E-state index in [2.05, 4.69) is 6.07 Å². The molecular formula is C12H19BN2O2. The Kier molecular flexibility index (Phi) is 4.79. The molecule has 0 saturated carbocycles. The topological polar surface area (TPSA) is 47.2 Å². The first kappa shape index (κ1) is 13.8. The average Bonchev–Trinajstić information content (AvgIpc) is 2.57. The molecule has 92 valence electrons. The van der Waals surface area contributed by atoms with E-state index < -0.39 is 7.12 Å². The van der Waals surface area contributed by atoms with Gasteiger partial charge in [-0.25, -0.2) is 0 Å². The largest absolute Gasteiger partial charge is 0.511 e. The number of rotatable bonds is 5. The maximum atomic E-state index is 8.92. The van der Waals surface area contributed by atoms with Crippen LogP contribution in [0.2, 0.25) is 0 Å². The van der Waals surface area contributed by atoms with E-state index in [1.807, 2.05) is 40.8 Å². The highest BCUT2D eigenvalue weighted by Crippen LogP contribution is 2.04. The Hall–Kier alpha value is -1.25. The van der Waals surface area contributed by atoms with Gasteiger partial charge in [0.15, 0.2) is 0 Å². The monoisotopic (exact) mass is 234 g/mol. The van der Waals surface area contributed by atoms with E-state index in [4.69, 9.17) is 14.6 Å². The molecule has 0 aromatic carbocycles. The smallest absolute Gasteiger partial charge is 0.404 e. The van der Waals surface area contributed by atoms with Crippen molar-refractivity contribution in [2.75, 3.05) is 0 Å². The van der Waals surface area contributed by atoms with Crippen LogP contribution in [0.15, 0.2) is 12.1 Å². The molecule has 0 bridgehead atoms. The predicted octanol–water partition coefficient (Wildman–Crippen LogP) is 1.44. The van der Waals surface area contributed by atoms with E-state index in [0.29, 0.717) is 5.69 Å². The second kappa shape index (κ2) is 5.90. The maximum Gasteiger partial charge on any atom is 0.511 e.